The molecule has 7 heteroatoms. The number of nitrogens with one attached hydrogen (secondary N) is 1. The van der Waals surface area contributed by atoms with E-state index in [2.05, 4.69) is 5.32 Å². The van der Waals surface area contributed by atoms with Gasteiger partial charge in [0, 0.05) is 10.7 Å². The van der Waals surface area contributed by atoms with E-state index in [9.17, 15) is 9.59 Å². The molecule has 1 amide bonds. The number of ether oxygens (including phenoxy) is 1. The minimum absolute atomic E-state index is 0.0827. The van der Waals surface area contributed by atoms with Crippen LogP contribution in [0.15, 0.2) is 65.1 Å². The maximum absolute atomic E-state index is 12.2. The third-order valence-corrected chi connectivity index (χ3v) is 3.70. The zero-order chi connectivity index (χ0) is 18.5. The Hall–Kier alpha value is -3.25. The summed E-state index contributed by atoms with van der Waals surface area (Å²) in [5, 5.41) is 12.2. The molecule has 0 fully saturated rings. The standard InChI is InChI=1S/C19H14ClNO5/c20-13-4-6-15(7-5-13)25-11-16-8-9-17(26-16)18(22)21-14-3-1-2-12(10-14)19(23)24/h1-10H,11H2,(H,21,22)(H,23,24). The molecule has 0 aliphatic rings. The van der Waals surface area contributed by atoms with Crippen LogP contribution in [0.25, 0.3) is 0 Å². The molecule has 0 atom stereocenters. The Labute approximate surface area is 154 Å². The van der Waals surface area contributed by atoms with E-state index in [1.807, 2.05) is 0 Å². The van der Waals surface area contributed by atoms with Gasteiger partial charge in [-0.25, -0.2) is 4.79 Å². The van der Waals surface area contributed by atoms with Crippen molar-refractivity contribution in [2.24, 2.45) is 0 Å². The molecule has 0 saturated heterocycles. The lowest BCUT2D eigenvalue weighted by atomic mass is 10.2. The number of halogens is 1. The molecule has 0 aliphatic carbocycles. The van der Waals surface area contributed by atoms with Crippen molar-refractivity contribution in [1.29, 1.82) is 0 Å². The number of furan rings is 1. The summed E-state index contributed by atoms with van der Waals surface area (Å²) < 4.78 is 11.0. The van der Waals surface area contributed by atoms with Crippen molar-refractivity contribution >= 4 is 29.2 Å². The van der Waals surface area contributed by atoms with E-state index in [-0.39, 0.29) is 17.9 Å². The predicted molar refractivity (Wildman–Crippen MR) is 95.8 cm³/mol. The Balaban J connectivity index is 1.61. The van der Waals surface area contributed by atoms with Crippen LogP contribution in [0.3, 0.4) is 0 Å². The quantitative estimate of drug-likeness (QED) is 0.667. The number of aromatic carboxylic acids is 1. The number of hydrogen-bond donors (Lipinski definition) is 2. The average molecular weight is 372 g/mol. The maximum atomic E-state index is 12.2. The van der Waals surface area contributed by atoms with Crippen molar-refractivity contribution in [3.05, 3.63) is 82.8 Å². The molecule has 0 spiro atoms. The number of hydrogen-bond acceptors (Lipinski definition) is 4. The fraction of sp³-hybridized carbons (Fsp3) is 0.0526. The highest BCUT2D eigenvalue weighted by Gasteiger charge is 2.13. The van der Waals surface area contributed by atoms with Crippen LogP contribution < -0.4 is 10.1 Å². The fourth-order valence-corrected chi connectivity index (χ4v) is 2.31. The second kappa shape index (κ2) is 7.76. The highest BCUT2D eigenvalue weighted by Crippen LogP contribution is 2.18. The van der Waals surface area contributed by atoms with Gasteiger partial charge in [0.25, 0.3) is 5.91 Å². The van der Waals surface area contributed by atoms with Crippen molar-refractivity contribution in [1.82, 2.24) is 0 Å². The number of carboxylic acids is 1. The molecule has 2 aromatic carbocycles. The normalized spacial score (nSPS) is 10.3. The van der Waals surface area contributed by atoms with Gasteiger partial charge in [-0.05, 0) is 54.6 Å². The van der Waals surface area contributed by atoms with Crippen LogP contribution in [-0.2, 0) is 6.61 Å². The minimum Gasteiger partial charge on any atom is -0.486 e. The van der Waals surface area contributed by atoms with Crippen molar-refractivity contribution in [3.8, 4) is 5.75 Å². The molecule has 1 aromatic heterocycles. The van der Waals surface area contributed by atoms with Gasteiger partial charge in [0.2, 0.25) is 0 Å². The molecule has 0 aliphatic heterocycles. The number of benzene rings is 2. The lowest BCUT2D eigenvalue weighted by molar-refractivity contribution is 0.0696. The second-order valence-electron chi connectivity index (χ2n) is 5.35. The average Bonchev–Trinajstić information content (AvgIpc) is 3.11. The summed E-state index contributed by atoms with van der Waals surface area (Å²) in [5.41, 5.74) is 0.449. The Morgan fingerprint density at radius 3 is 2.58 bits per heavy atom. The van der Waals surface area contributed by atoms with E-state index in [1.165, 1.54) is 18.2 Å². The molecule has 3 rings (SSSR count). The van der Waals surface area contributed by atoms with Gasteiger partial charge in [-0.1, -0.05) is 17.7 Å². The SMILES string of the molecule is O=C(O)c1cccc(NC(=O)c2ccc(COc3ccc(Cl)cc3)o2)c1. The first-order valence-corrected chi connectivity index (χ1v) is 8.01. The van der Waals surface area contributed by atoms with Gasteiger partial charge in [0.05, 0.1) is 5.56 Å². The minimum atomic E-state index is -1.07. The van der Waals surface area contributed by atoms with E-state index in [1.54, 1.807) is 42.5 Å². The topological polar surface area (TPSA) is 88.8 Å². The highest BCUT2D eigenvalue weighted by atomic mass is 35.5. The predicted octanol–water partition coefficient (Wildman–Crippen LogP) is 4.46. The lowest BCUT2D eigenvalue weighted by Gasteiger charge is -2.05. The van der Waals surface area contributed by atoms with Crippen LogP contribution in [0.2, 0.25) is 5.02 Å². The van der Waals surface area contributed by atoms with Gasteiger partial charge >= 0.3 is 5.97 Å². The number of carboxylic acid groups (broad SMARTS) is 1. The number of rotatable bonds is 6. The number of amides is 1. The molecule has 132 valence electrons. The van der Waals surface area contributed by atoms with Crippen LogP contribution in [0.4, 0.5) is 5.69 Å². The number of anilines is 1. The van der Waals surface area contributed by atoms with Crippen molar-refractivity contribution in [2.45, 2.75) is 6.61 Å². The smallest absolute Gasteiger partial charge is 0.335 e. The van der Waals surface area contributed by atoms with Crippen LogP contribution in [0.5, 0.6) is 5.75 Å². The Morgan fingerprint density at radius 1 is 1.08 bits per heavy atom. The Bertz CT molecular complexity index is 933. The first-order chi connectivity index (χ1) is 12.5. The van der Waals surface area contributed by atoms with Gasteiger partial charge in [0.15, 0.2) is 5.76 Å². The summed E-state index contributed by atoms with van der Waals surface area (Å²) in [4.78, 5) is 23.2. The molecule has 2 N–H and O–H groups in total. The molecule has 0 unspecified atom stereocenters. The summed E-state index contributed by atoms with van der Waals surface area (Å²) >= 11 is 5.81. The molecule has 0 radical (unpaired) electrons. The van der Waals surface area contributed by atoms with Crippen LogP contribution >= 0.6 is 11.6 Å². The second-order valence-corrected chi connectivity index (χ2v) is 5.79. The van der Waals surface area contributed by atoms with Gasteiger partial charge in [-0.15, -0.1) is 0 Å². The molecule has 1 heterocycles. The van der Waals surface area contributed by atoms with Crippen LogP contribution in [0.1, 0.15) is 26.7 Å². The molecule has 0 saturated carbocycles. The summed E-state index contributed by atoms with van der Waals surface area (Å²) in [6.45, 7) is 0.156. The molecule has 0 bridgehead atoms. The van der Waals surface area contributed by atoms with Crippen molar-refractivity contribution in [3.63, 3.8) is 0 Å². The zero-order valence-electron chi connectivity index (χ0n) is 13.4. The van der Waals surface area contributed by atoms with E-state index < -0.39 is 11.9 Å². The van der Waals surface area contributed by atoms with Crippen molar-refractivity contribution in [2.75, 3.05) is 5.32 Å². The molecule has 3 aromatic rings. The molecular formula is C19H14ClNO5. The van der Waals surface area contributed by atoms with Gasteiger partial charge in [-0.2, -0.15) is 0 Å². The summed E-state index contributed by atoms with van der Waals surface area (Å²) in [7, 11) is 0. The summed E-state index contributed by atoms with van der Waals surface area (Å²) in [6, 6.07) is 16.0. The zero-order valence-corrected chi connectivity index (χ0v) is 14.2. The van der Waals surface area contributed by atoms with E-state index in [0.717, 1.165) is 0 Å². The number of carbonyl (C=O) groups excluding carboxylic acids is 1. The third kappa shape index (κ3) is 4.43. The van der Waals surface area contributed by atoms with E-state index >= 15 is 0 Å². The van der Waals surface area contributed by atoms with Crippen LogP contribution in [0, 0.1) is 0 Å². The third-order valence-electron chi connectivity index (χ3n) is 3.45. The van der Waals surface area contributed by atoms with Gasteiger partial charge < -0.3 is 19.6 Å². The first-order valence-electron chi connectivity index (χ1n) is 7.63. The summed E-state index contributed by atoms with van der Waals surface area (Å²) in [6.07, 6.45) is 0. The van der Waals surface area contributed by atoms with E-state index in [0.29, 0.717) is 22.2 Å². The van der Waals surface area contributed by atoms with Crippen LogP contribution in [-0.4, -0.2) is 17.0 Å². The number of carbonyl (C=O) groups is 2. The summed E-state index contributed by atoms with van der Waals surface area (Å²) in [5.74, 6) is -0.349. The van der Waals surface area contributed by atoms with Crippen molar-refractivity contribution < 1.29 is 23.8 Å². The highest BCUT2D eigenvalue weighted by molar-refractivity contribution is 6.30. The molecular weight excluding hydrogens is 358 g/mol. The van der Waals surface area contributed by atoms with Gasteiger partial charge in [0.1, 0.15) is 18.1 Å². The fourth-order valence-electron chi connectivity index (χ4n) is 2.19. The monoisotopic (exact) mass is 371 g/mol. The molecule has 26 heavy (non-hydrogen) atoms. The molecule has 6 nitrogen and oxygen atoms in total. The first kappa shape index (κ1) is 17.6. The maximum Gasteiger partial charge on any atom is 0.335 e. The largest absolute Gasteiger partial charge is 0.486 e. The lowest BCUT2D eigenvalue weighted by Crippen LogP contribution is -2.11. The Morgan fingerprint density at radius 2 is 1.85 bits per heavy atom. The van der Waals surface area contributed by atoms with E-state index in [4.69, 9.17) is 25.9 Å². The Kier molecular flexibility index (Phi) is 5.24. The van der Waals surface area contributed by atoms with Gasteiger partial charge in [-0.3, -0.25) is 4.79 Å².